The molecule has 0 atom stereocenters. The van der Waals surface area contributed by atoms with E-state index >= 15 is 0 Å². The minimum Gasteiger partial charge on any atom is -0.330 e. The van der Waals surface area contributed by atoms with Gasteiger partial charge in [-0.3, -0.25) is 4.90 Å². The van der Waals surface area contributed by atoms with Gasteiger partial charge in [-0.1, -0.05) is 30.3 Å². The number of likely N-dealkylation sites (tertiary alicyclic amines) is 1. The van der Waals surface area contributed by atoms with Gasteiger partial charge in [-0.15, -0.1) is 0 Å². The Hall–Kier alpha value is -0.900. The Morgan fingerprint density at radius 1 is 1.22 bits per heavy atom. The Balaban J connectivity index is 1.86. The molecule has 100 valence electrons. The molecule has 1 saturated heterocycles. The molecule has 0 amide bonds. The molecule has 0 saturated carbocycles. The van der Waals surface area contributed by atoms with Gasteiger partial charge in [0.2, 0.25) is 0 Å². The van der Waals surface area contributed by atoms with Gasteiger partial charge in [-0.05, 0) is 38.4 Å². The highest BCUT2D eigenvalue weighted by Crippen LogP contribution is 2.25. The van der Waals surface area contributed by atoms with Gasteiger partial charge >= 0.3 is 0 Å². The molecule has 0 unspecified atom stereocenters. The summed E-state index contributed by atoms with van der Waals surface area (Å²) in [7, 11) is 2.07. The smallest absolute Gasteiger partial charge is 0.0233 e. The van der Waals surface area contributed by atoms with Gasteiger partial charge in [0.05, 0.1) is 0 Å². The first-order chi connectivity index (χ1) is 8.78. The summed E-state index contributed by atoms with van der Waals surface area (Å²) in [6.45, 7) is 4.17. The lowest BCUT2D eigenvalue weighted by atomic mass is 9.84. The molecule has 0 spiro atoms. The van der Waals surface area contributed by atoms with Crippen LogP contribution in [0.25, 0.3) is 0 Å². The van der Waals surface area contributed by atoms with Gasteiger partial charge in [0.25, 0.3) is 0 Å². The largest absolute Gasteiger partial charge is 0.330 e. The van der Waals surface area contributed by atoms with Crippen LogP contribution in [0.2, 0.25) is 0 Å². The van der Waals surface area contributed by atoms with E-state index in [9.17, 15) is 0 Å². The standard InChI is InChI=1S/C15H25N3/c1-17-15(7-10-16)8-11-18(12-9-15)13-14-5-3-2-4-6-14/h2-6,17H,7-13,16H2,1H3. The Kier molecular flexibility index (Phi) is 4.75. The number of piperidine rings is 1. The van der Waals surface area contributed by atoms with Gasteiger partial charge in [0.15, 0.2) is 0 Å². The molecular weight excluding hydrogens is 222 g/mol. The third-order valence-corrected chi connectivity index (χ3v) is 4.22. The van der Waals surface area contributed by atoms with Gasteiger partial charge in [0.1, 0.15) is 0 Å². The lowest BCUT2D eigenvalue weighted by Gasteiger charge is -2.42. The van der Waals surface area contributed by atoms with E-state index in [2.05, 4.69) is 47.6 Å². The molecule has 1 aromatic rings. The normalized spacial score (nSPS) is 19.9. The van der Waals surface area contributed by atoms with Crippen LogP contribution in [0, 0.1) is 0 Å². The average molecular weight is 247 g/mol. The number of benzene rings is 1. The monoisotopic (exact) mass is 247 g/mol. The van der Waals surface area contributed by atoms with Crippen molar-refractivity contribution in [3.8, 4) is 0 Å². The summed E-state index contributed by atoms with van der Waals surface area (Å²) in [5.74, 6) is 0. The number of nitrogens with zero attached hydrogens (tertiary/aromatic N) is 1. The van der Waals surface area contributed by atoms with Gasteiger partial charge in [-0.2, -0.15) is 0 Å². The molecule has 1 fully saturated rings. The summed E-state index contributed by atoms with van der Waals surface area (Å²) >= 11 is 0. The van der Waals surface area contributed by atoms with Crippen molar-refractivity contribution < 1.29 is 0 Å². The lowest BCUT2D eigenvalue weighted by molar-refractivity contribution is 0.130. The number of hydrogen-bond donors (Lipinski definition) is 2. The van der Waals surface area contributed by atoms with Crippen LogP contribution in [0.3, 0.4) is 0 Å². The first-order valence-electron chi connectivity index (χ1n) is 6.93. The molecule has 3 nitrogen and oxygen atoms in total. The van der Waals surface area contributed by atoms with Gasteiger partial charge < -0.3 is 11.1 Å². The Morgan fingerprint density at radius 3 is 2.44 bits per heavy atom. The highest BCUT2D eigenvalue weighted by molar-refractivity contribution is 5.14. The highest BCUT2D eigenvalue weighted by atomic mass is 15.1. The second kappa shape index (κ2) is 6.32. The van der Waals surface area contributed by atoms with Crippen molar-refractivity contribution in [2.45, 2.75) is 31.3 Å². The van der Waals surface area contributed by atoms with E-state index in [0.29, 0.717) is 0 Å². The van der Waals surface area contributed by atoms with E-state index in [0.717, 1.165) is 32.6 Å². The van der Waals surface area contributed by atoms with E-state index in [-0.39, 0.29) is 5.54 Å². The highest BCUT2D eigenvalue weighted by Gasteiger charge is 2.31. The zero-order valence-corrected chi connectivity index (χ0v) is 11.4. The molecule has 18 heavy (non-hydrogen) atoms. The van der Waals surface area contributed by atoms with Crippen molar-refractivity contribution in [2.75, 3.05) is 26.7 Å². The van der Waals surface area contributed by atoms with Crippen molar-refractivity contribution in [1.82, 2.24) is 10.2 Å². The van der Waals surface area contributed by atoms with E-state index in [4.69, 9.17) is 5.73 Å². The summed E-state index contributed by atoms with van der Waals surface area (Å²) in [5.41, 5.74) is 7.41. The number of nitrogens with one attached hydrogen (secondary N) is 1. The van der Waals surface area contributed by atoms with Crippen LogP contribution in [0.4, 0.5) is 0 Å². The lowest BCUT2D eigenvalue weighted by Crippen LogP contribution is -2.52. The fraction of sp³-hybridized carbons (Fsp3) is 0.600. The number of nitrogens with two attached hydrogens (primary N) is 1. The molecule has 1 aliphatic rings. The van der Waals surface area contributed by atoms with Gasteiger partial charge in [0, 0.05) is 25.2 Å². The Morgan fingerprint density at radius 2 is 1.89 bits per heavy atom. The zero-order chi connectivity index (χ0) is 12.8. The Bertz CT molecular complexity index is 342. The minimum atomic E-state index is 0.280. The fourth-order valence-electron chi connectivity index (χ4n) is 2.88. The quantitative estimate of drug-likeness (QED) is 0.830. The SMILES string of the molecule is CNC1(CCN)CCN(Cc2ccccc2)CC1. The maximum absolute atomic E-state index is 5.72. The van der Waals surface area contributed by atoms with Crippen molar-refractivity contribution in [2.24, 2.45) is 5.73 Å². The molecule has 0 radical (unpaired) electrons. The van der Waals surface area contributed by atoms with Crippen molar-refractivity contribution in [1.29, 1.82) is 0 Å². The van der Waals surface area contributed by atoms with E-state index < -0.39 is 0 Å². The first kappa shape index (κ1) is 13.5. The van der Waals surface area contributed by atoms with Crippen LogP contribution in [0.5, 0.6) is 0 Å². The van der Waals surface area contributed by atoms with Crippen molar-refractivity contribution in [3.63, 3.8) is 0 Å². The van der Waals surface area contributed by atoms with Crippen molar-refractivity contribution >= 4 is 0 Å². The van der Waals surface area contributed by atoms with E-state index in [1.54, 1.807) is 0 Å². The molecule has 3 heteroatoms. The predicted molar refractivity (Wildman–Crippen MR) is 76.4 cm³/mol. The zero-order valence-electron chi connectivity index (χ0n) is 11.4. The third-order valence-electron chi connectivity index (χ3n) is 4.22. The van der Waals surface area contributed by atoms with Gasteiger partial charge in [-0.25, -0.2) is 0 Å². The third kappa shape index (κ3) is 3.31. The van der Waals surface area contributed by atoms with E-state index in [1.165, 1.54) is 18.4 Å². The Labute approximate surface area is 110 Å². The molecule has 0 aromatic heterocycles. The summed E-state index contributed by atoms with van der Waals surface area (Å²) in [6, 6.07) is 10.7. The van der Waals surface area contributed by atoms with Crippen LogP contribution < -0.4 is 11.1 Å². The molecule has 0 aliphatic carbocycles. The van der Waals surface area contributed by atoms with Crippen LogP contribution in [0.1, 0.15) is 24.8 Å². The minimum absolute atomic E-state index is 0.280. The maximum Gasteiger partial charge on any atom is 0.0233 e. The first-order valence-corrected chi connectivity index (χ1v) is 6.93. The van der Waals surface area contributed by atoms with E-state index in [1.807, 2.05) is 0 Å². The average Bonchev–Trinajstić information content (AvgIpc) is 2.43. The molecule has 0 bridgehead atoms. The summed E-state index contributed by atoms with van der Waals surface area (Å²) < 4.78 is 0. The van der Waals surface area contributed by atoms with Crippen LogP contribution in [-0.2, 0) is 6.54 Å². The number of hydrogen-bond acceptors (Lipinski definition) is 3. The molecule has 1 aliphatic heterocycles. The fourth-order valence-corrected chi connectivity index (χ4v) is 2.88. The number of rotatable bonds is 5. The molecule has 1 aromatic carbocycles. The molecule has 3 N–H and O–H groups in total. The molecule has 2 rings (SSSR count). The van der Waals surface area contributed by atoms with Crippen LogP contribution >= 0.6 is 0 Å². The van der Waals surface area contributed by atoms with Crippen LogP contribution in [0.15, 0.2) is 30.3 Å². The predicted octanol–water partition coefficient (Wildman–Crippen LogP) is 1.59. The second-order valence-electron chi connectivity index (χ2n) is 5.33. The summed E-state index contributed by atoms with van der Waals surface area (Å²) in [5, 5.41) is 3.50. The molecular formula is C15H25N3. The van der Waals surface area contributed by atoms with Crippen molar-refractivity contribution in [3.05, 3.63) is 35.9 Å². The summed E-state index contributed by atoms with van der Waals surface area (Å²) in [4.78, 5) is 2.54. The topological polar surface area (TPSA) is 41.3 Å². The maximum atomic E-state index is 5.72. The molecule has 1 heterocycles. The summed E-state index contributed by atoms with van der Waals surface area (Å²) in [6.07, 6.45) is 3.49. The second-order valence-corrected chi connectivity index (χ2v) is 5.33. The van der Waals surface area contributed by atoms with Crippen LogP contribution in [-0.4, -0.2) is 37.1 Å².